The minimum Gasteiger partial charge on any atom is -0.496 e. The van der Waals surface area contributed by atoms with Crippen LogP contribution in [0.25, 0.3) is 11.0 Å². The SMILES string of the molecule is COc1ccccc1Cn1c(CCCNC(=O)c2cccc(Br)c2)nc2ccccc21. The van der Waals surface area contributed by atoms with Crippen LogP contribution in [0.4, 0.5) is 0 Å². The van der Waals surface area contributed by atoms with E-state index < -0.39 is 0 Å². The lowest BCUT2D eigenvalue weighted by Gasteiger charge is -2.13. The molecule has 4 rings (SSSR count). The number of carbonyl (C=O) groups excluding carboxylic acids is 1. The molecule has 6 heteroatoms. The number of methoxy groups -OCH3 is 1. The molecule has 0 aliphatic heterocycles. The van der Waals surface area contributed by atoms with E-state index in [1.807, 2.05) is 60.7 Å². The van der Waals surface area contributed by atoms with Gasteiger partial charge in [-0.3, -0.25) is 4.79 Å². The van der Waals surface area contributed by atoms with Crippen molar-refractivity contribution < 1.29 is 9.53 Å². The number of ether oxygens (including phenoxy) is 1. The Bertz CT molecular complexity index is 1200. The number of fused-ring (bicyclic) bond motifs is 1. The van der Waals surface area contributed by atoms with Gasteiger partial charge in [-0.25, -0.2) is 4.98 Å². The maximum atomic E-state index is 12.4. The molecule has 0 aliphatic carbocycles. The summed E-state index contributed by atoms with van der Waals surface area (Å²) in [5.74, 6) is 1.81. The second-order valence-corrected chi connectivity index (χ2v) is 8.20. The van der Waals surface area contributed by atoms with Crippen molar-refractivity contribution in [1.82, 2.24) is 14.9 Å². The van der Waals surface area contributed by atoms with Crippen LogP contribution in [0.1, 0.15) is 28.2 Å². The Morgan fingerprint density at radius 2 is 1.87 bits per heavy atom. The molecule has 0 aliphatic rings. The van der Waals surface area contributed by atoms with Gasteiger partial charge in [0, 0.05) is 28.6 Å². The number of aryl methyl sites for hydroxylation is 1. The molecule has 1 heterocycles. The van der Waals surface area contributed by atoms with Gasteiger partial charge in [-0.05, 0) is 42.8 Å². The molecular formula is C25H24BrN3O2. The average molecular weight is 478 g/mol. The number of imidazole rings is 1. The van der Waals surface area contributed by atoms with Crippen molar-refractivity contribution in [3.63, 3.8) is 0 Å². The standard InChI is InChI=1S/C25H24BrN3O2/c1-31-23-13-5-2-8-19(23)17-29-22-12-4-3-11-21(22)28-24(29)14-7-15-27-25(30)18-9-6-10-20(26)16-18/h2-6,8-13,16H,7,14-15,17H2,1H3,(H,27,30). The van der Waals surface area contributed by atoms with Crippen molar-refractivity contribution in [3.05, 3.63) is 94.2 Å². The highest BCUT2D eigenvalue weighted by Crippen LogP contribution is 2.23. The summed E-state index contributed by atoms with van der Waals surface area (Å²) >= 11 is 3.40. The van der Waals surface area contributed by atoms with Crippen LogP contribution < -0.4 is 10.1 Å². The first-order chi connectivity index (χ1) is 15.2. The van der Waals surface area contributed by atoms with Crippen molar-refractivity contribution in [2.45, 2.75) is 19.4 Å². The van der Waals surface area contributed by atoms with Crippen LogP contribution in [0.15, 0.2) is 77.3 Å². The zero-order valence-corrected chi connectivity index (χ0v) is 18.9. The van der Waals surface area contributed by atoms with Crippen molar-refractivity contribution >= 4 is 32.9 Å². The first-order valence-electron chi connectivity index (χ1n) is 10.3. The maximum Gasteiger partial charge on any atom is 0.251 e. The number of para-hydroxylation sites is 3. The van der Waals surface area contributed by atoms with Gasteiger partial charge in [0.25, 0.3) is 5.91 Å². The summed E-state index contributed by atoms with van der Waals surface area (Å²) < 4.78 is 8.67. The third-order valence-corrected chi connectivity index (χ3v) is 5.70. The van der Waals surface area contributed by atoms with Crippen LogP contribution in [0.5, 0.6) is 5.75 Å². The maximum absolute atomic E-state index is 12.4. The smallest absolute Gasteiger partial charge is 0.251 e. The van der Waals surface area contributed by atoms with Crippen molar-refractivity contribution in [2.75, 3.05) is 13.7 Å². The fourth-order valence-electron chi connectivity index (χ4n) is 3.68. The number of rotatable bonds is 8. The van der Waals surface area contributed by atoms with Gasteiger partial charge in [-0.2, -0.15) is 0 Å². The summed E-state index contributed by atoms with van der Waals surface area (Å²) in [5, 5.41) is 3.00. The van der Waals surface area contributed by atoms with Crippen LogP contribution in [-0.2, 0) is 13.0 Å². The lowest BCUT2D eigenvalue weighted by molar-refractivity contribution is 0.0953. The third kappa shape index (κ3) is 4.97. The third-order valence-electron chi connectivity index (χ3n) is 5.20. The molecule has 0 spiro atoms. The number of aromatic nitrogens is 2. The minimum absolute atomic E-state index is 0.0659. The molecule has 0 radical (unpaired) electrons. The molecular weight excluding hydrogens is 454 g/mol. The second kappa shape index (κ2) is 9.79. The van der Waals surface area contributed by atoms with Gasteiger partial charge < -0.3 is 14.6 Å². The number of amides is 1. The Morgan fingerprint density at radius 1 is 1.06 bits per heavy atom. The molecule has 0 saturated heterocycles. The first-order valence-corrected chi connectivity index (χ1v) is 11.0. The van der Waals surface area contributed by atoms with Crippen molar-refractivity contribution in [2.24, 2.45) is 0 Å². The lowest BCUT2D eigenvalue weighted by atomic mass is 10.2. The summed E-state index contributed by atoms with van der Waals surface area (Å²) in [4.78, 5) is 17.2. The van der Waals surface area contributed by atoms with E-state index in [1.165, 1.54) is 0 Å². The first kappa shape index (κ1) is 21.1. The average Bonchev–Trinajstić information content (AvgIpc) is 3.14. The summed E-state index contributed by atoms with van der Waals surface area (Å²) in [7, 11) is 1.69. The summed E-state index contributed by atoms with van der Waals surface area (Å²) in [6.45, 7) is 1.27. The van der Waals surface area contributed by atoms with Crippen LogP contribution in [0, 0.1) is 0 Å². The fraction of sp³-hybridized carbons (Fsp3) is 0.200. The summed E-state index contributed by atoms with van der Waals surface area (Å²) in [5.41, 5.74) is 3.84. The van der Waals surface area contributed by atoms with Crippen molar-refractivity contribution in [1.29, 1.82) is 0 Å². The topological polar surface area (TPSA) is 56.1 Å². The number of hydrogen-bond donors (Lipinski definition) is 1. The molecule has 1 amide bonds. The number of benzene rings is 3. The Balaban J connectivity index is 1.47. The molecule has 1 aromatic heterocycles. The van der Waals surface area contributed by atoms with Gasteiger partial charge >= 0.3 is 0 Å². The molecule has 4 aromatic rings. The van der Waals surface area contributed by atoms with Crippen LogP contribution >= 0.6 is 15.9 Å². The fourth-order valence-corrected chi connectivity index (χ4v) is 4.08. The molecule has 5 nitrogen and oxygen atoms in total. The molecule has 1 N–H and O–H groups in total. The van der Waals surface area contributed by atoms with E-state index in [-0.39, 0.29) is 5.91 Å². The Hall–Kier alpha value is -3.12. The van der Waals surface area contributed by atoms with Crippen molar-refractivity contribution in [3.8, 4) is 5.75 Å². The van der Waals surface area contributed by atoms with Gasteiger partial charge in [0.15, 0.2) is 0 Å². The molecule has 0 atom stereocenters. The largest absolute Gasteiger partial charge is 0.496 e. The van der Waals surface area contributed by atoms with E-state index in [0.29, 0.717) is 18.7 Å². The normalized spacial score (nSPS) is 10.9. The van der Waals surface area contributed by atoms with Gasteiger partial charge in [-0.1, -0.05) is 52.3 Å². The second-order valence-electron chi connectivity index (χ2n) is 7.28. The number of hydrogen-bond acceptors (Lipinski definition) is 3. The lowest BCUT2D eigenvalue weighted by Crippen LogP contribution is -2.25. The molecule has 158 valence electrons. The highest BCUT2D eigenvalue weighted by atomic mass is 79.9. The summed E-state index contributed by atoms with van der Waals surface area (Å²) in [6, 6.07) is 23.6. The zero-order chi connectivity index (χ0) is 21.6. The van der Waals surface area contributed by atoms with Crippen LogP contribution in [0.3, 0.4) is 0 Å². The van der Waals surface area contributed by atoms with Gasteiger partial charge in [-0.15, -0.1) is 0 Å². The number of nitrogens with zero attached hydrogens (tertiary/aromatic N) is 2. The number of nitrogens with one attached hydrogen (secondary N) is 1. The minimum atomic E-state index is -0.0659. The van der Waals surface area contributed by atoms with E-state index in [2.05, 4.69) is 37.9 Å². The monoisotopic (exact) mass is 477 g/mol. The van der Waals surface area contributed by atoms with Gasteiger partial charge in [0.05, 0.1) is 24.7 Å². The Kier molecular flexibility index (Phi) is 6.67. The van der Waals surface area contributed by atoms with E-state index in [9.17, 15) is 4.79 Å². The Labute approximate surface area is 190 Å². The number of carbonyl (C=O) groups is 1. The molecule has 31 heavy (non-hydrogen) atoms. The predicted octanol–water partition coefficient (Wildman–Crippen LogP) is 5.22. The zero-order valence-electron chi connectivity index (χ0n) is 17.3. The van der Waals surface area contributed by atoms with E-state index in [0.717, 1.165) is 45.5 Å². The molecule has 0 fully saturated rings. The van der Waals surface area contributed by atoms with Gasteiger partial charge in [0.2, 0.25) is 0 Å². The van der Waals surface area contributed by atoms with Gasteiger partial charge in [0.1, 0.15) is 11.6 Å². The predicted molar refractivity (Wildman–Crippen MR) is 127 cm³/mol. The van der Waals surface area contributed by atoms with E-state index in [1.54, 1.807) is 7.11 Å². The Morgan fingerprint density at radius 3 is 2.71 bits per heavy atom. The quantitative estimate of drug-likeness (QED) is 0.354. The number of halogens is 1. The molecule has 0 unspecified atom stereocenters. The van der Waals surface area contributed by atoms with Crippen LogP contribution in [0.2, 0.25) is 0 Å². The highest BCUT2D eigenvalue weighted by molar-refractivity contribution is 9.10. The highest BCUT2D eigenvalue weighted by Gasteiger charge is 2.13. The van der Waals surface area contributed by atoms with Crippen LogP contribution in [-0.4, -0.2) is 29.1 Å². The summed E-state index contributed by atoms with van der Waals surface area (Å²) in [6.07, 6.45) is 1.57. The molecule has 0 saturated carbocycles. The molecule has 3 aromatic carbocycles. The molecule has 0 bridgehead atoms. The van der Waals surface area contributed by atoms with E-state index in [4.69, 9.17) is 9.72 Å². The van der Waals surface area contributed by atoms with E-state index >= 15 is 0 Å².